The highest BCUT2D eigenvalue weighted by Crippen LogP contribution is 2.30. The van der Waals surface area contributed by atoms with E-state index in [0.29, 0.717) is 10.7 Å². The van der Waals surface area contributed by atoms with Crippen LogP contribution in [-0.2, 0) is 0 Å². The Bertz CT molecular complexity index is 286. The van der Waals surface area contributed by atoms with Crippen molar-refractivity contribution in [2.75, 3.05) is 11.5 Å². The molecule has 0 unspecified atom stereocenters. The van der Waals surface area contributed by atoms with Crippen LogP contribution in [0.5, 0.6) is 0 Å². The minimum Gasteiger partial charge on any atom is -0.397 e. The number of nitrogen functional groups attached to an aromatic ring is 1. The summed E-state index contributed by atoms with van der Waals surface area (Å²) in [5.41, 5.74) is 6.39. The van der Waals surface area contributed by atoms with Crippen molar-refractivity contribution in [3.05, 3.63) is 35.9 Å². The van der Waals surface area contributed by atoms with Gasteiger partial charge in [-0.3, -0.25) is 0 Å². The number of anilines is 1. The Balaban J connectivity index is 2.84. The third-order valence-electron chi connectivity index (χ3n) is 1.37. The maximum atomic E-state index is 5.83. The average molecular weight is 200 g/mol. The minimum atomic E-state index is 0.615. The van der Waals surface area contributed by atoms with Gasteiger partial charge in [-0.15, -0.1) is 18.3 Å². The van der Waals surface area contributed by atoms with E-state index in [4.69, 9.17) is 17.3 Å². The Morgan fingerprint density at radius 2 is 2.33 bits per heavy atom. The summed E-state index contributed by atoms with van der Waals surface area (Å²) in [4.78, 5) is 1.02. The molecule has 0 saturated heterocycles. The molecule has 0 bridgehead atoms. The van der Waals surface area contributed by atoms with Crippen molar-refractivity contribution >= 4 is 29.1 Å². The van der Waals surface area contributed by atoms with Gasteiger partial charge in [0.2, 0.25) is 0 Å². The molecule has 0 fully saturated rings. The van der Waals surface area contributed by atoms with Gasteiger partial charge in [0.15, 0.2) is 0 Å². The zero-order valence-corrected chi connectivity index (χ0v) is 8.16. The monoisotopic (exact) mass is 199 g/mol. The largest absolute Gasteiger partial charge is 0.397 e. The summed E-state index contributed by atoms with van der Waals surface area (Å²) in [6.07, 6.45) is 1.84. The molecule has 0 atom stereocenters. The van der Waals surface area contributed by atoms with Crippen molar-refractivity contribution in [1.82, 2.24) is 0 Å². The first kappa shape index (κ1) is 9.49. The van der Waals surface area contributed by atoms with Crippen LogP contribution in [0, 0.1) is 0 Å². The SMILES string of the molecule is C=CCSc1cccc(Cl)c1N. The summed E-state index contributed by atoms with van der Waals surface area (Å²) in [7, 11) is 0. The molecule has 1 nitrogen and oxygen atoms in total. The van der Waals surface area contributed by atoms with E-state index in [9.17, 15) is 0 Å². The minimum absolute atomic E-state index is 0.615. The fourth-order valence-electron chi connectivity index (χ4n) is 0.792. The standard InChI is InChI=1S/C9H10ClNS/c1-2-6-12-8-5-3-4-7(10)9(8)11/h2-5H,1,6,11H2. The Morgan fingerprint density at radius 1 is 1.58 bits per heavy atom. The van der Waals surface area contributed by atoms with Gasteiger partial charge in [-0.1, -0.05) is 23.7 Å². The zero-order chi connectivity index (χ0) is 8.97. The lowest BCUT2D eigenvalue weighted by Gasteiger charge is -2.04. The molecule has 0 amide bonds. The number of hydrogen-bond donors (Lipinski definition) is 1. The summed E-state index contributed by atoms with van der Waals surface area (Å²) in [6, 6.07) is 5.63. The molecule has 12 heavy (non-hydrogen) atoms. The molecule has 0 aliphatic heterocycles. The highest BCUT2D eigenvalue weighted by molar-refractivity contribution is 7.99. The van der Waals surface area contributed by atoms with Crippen molar-refractivity contribution in [3.8, 4) is 0 Å². The summed E-state index contributed by atoms with van der Waals surface area (Å²) in [5, 5.41) is 0.615. The molecule has 0 heterocycles. The average Bonchev–Trinajstić information content (AvgIpc) is 2.08. The second-order valence-electron chi connectivity index (χ2n) is 2.25. The first-order valence-corrected chi connectivity index (χ1v) is 4.89. The van der Waals surface area contributed by atoms with Gasteiger partial charge in [-0.05, 0) is 12.1 Å². The van der Waals surface area contributed by atoms with Crippen molar-refractivity contribution < 1.29 is 0 Å². The highest BCUT2D eigenvalue weighted by Gasteiger charge is 2.01. The Kier molecular flexibility index (Phi) is 3.50. The van der Waals surface area contributed by atoms with Gasteiger partial charge in [0.1, 0.15) is 0 Å². The molecule has 1 aromatic rings. The van der Waals surface area contributed by atoms with Gasteiger partial charge in [-0.2, -0.15) is 0 Å². The molecule has 0 spiro atoms. The maximum Gasteiger partial charge on any atom is 0.0646 e. The van der Waals surface area contributed by atoms with Gasteiger partial charge in [-0.25, -0.2) is 0 Å². The van der Waals surface area contributed by atoms with Gasteiger partial charge >= 0.3 is 0 Å². The van der Waals surface area contributed by atoms with E-state index in [-0.39, 0.29) is 0 Å². The number of hydrogen-bond acceptors (Lipinski definition) is 2. The molecule has 1 rings (SSSR count). The number of thioether (sulfide) groups is 1. The number of rotatable bonds is 3. The third kappa shape index (κ3) is 2.19. The number of nitrogens with two attached hydrogens (primary N) is 1. The van der Waals surface area contributed by atoms with Crippen molar-refractivity contribution in [2.24, 2.45) is 0 Å². The van der Waals surface area contributed by atoms with Crippen LogP contribution in [0.15, 0.2) is 35.7 Å². The summed E-state index contributed by atoms with van der Waals surface area (Å²) in [5.74, 6) is 0.852. The quantitative estimate of drug-likeness (QED) is 0.460. The molecule has 0 aliphatic rings. The van der Waals surface area contributed by atoms with Crippen LogP contribution in [0.25, 0.3) is 0 Å². The second kappa shape index (κ2) is 4.43. The molecule has 0 saturated carbocycles. The first-order valence-electron chi connectivity index (χ1n) is 3.53. The lowest BCUT2D eigenvalue weighted by atomic mass is 10.3. The van der Waals surface area contributed by atoms with Gasteiger partial charge in [0.05, 0.1) is 10.7 Å². The lowest BCUT2D eigenvalue weighted by molar-refractivity contribution is 1.46. The number of halogens is 1. The topological polar surface area (TPSA) is 26.0 Å². The van der Waals surface area contributed by atoms with Gasteiger partial charge < -0.3 is 5.73 Å². The van der Waals surface area contributed by atoms with Crippen LogP contribution >= 0.6 is 23.4 Å². The van der Waals surface area contributed by atoms with Crippen LogP contribution in [0.1, 0.15) is 0 Å². The molecule has 64 valence electrons. The summed E-state index contributed by atoms with van der Waals surface area (Å²) >= 11 is 7.46. The van der Waals surface area contributed by atoms with E-state index >= 15 is 0 Å². The fourth-order valence-corrected chi connectivity index (χ4v) is 1.76. The van der Waals surface area contributed by atoms with E-state index in [1.165, 1.54) is 0 Å². The molecule has 0 aromatic heterocycles. The lowest BCUT2D eigenvalue weighted by Crippen LogP contribution is -1.89. The molecule has 0 radical (unpaired) electrons. The smallest absolute Gasteiger partial charge is 0.0646 e. The van der Waals surface area contributed by atoms with Crippen molar-refractivity contribution in [3.63, 3.8) is 0 Å². The molecule has 1 aromatic carbocycles. The summed E-state index contributed by atoms with van der Waals surface area (Å²) in [6.45, 7) is 3.63. The number of para-hydroxylation sites is 1. The molecular formula is C9H10ClNS. The molecular weight excluding hydrogens is 190 g/mol. The van der Waals surface area contributed by atoms with E-state index in [2.05, 4.69) is 6.58 Å². The van der Waals surface area contributed by atoms with Crippen LogP contribution in [0.4, 0.5) is 5.69 Å². The van der Waals surface area contributed by atoms with Crippen molar-refractivity contribution in [1.29, 1.82) is 0 Å². The van der Waals surface area contributed by atoms with Crippen LogP contribution in [0.3, 0.4) is 0 Å². The van der Waals surface area contributed by atoms with E-state index < -0.39 is 0 Å². The third-order valence-corrected chi connectivity index (χ3v) is 2.77. The fraction of sp³-hybridized carbons (Fsp3) is 0.111. The normalized spacial score (nSPS) is 9.75. The van der Waals surface area contributed by atoms with E-state index in [1.54, 1.807) is 17.8 Å². The summed E-state index contributed by atoms with van der Waals surface area (Å²) < 4.78 is 0. The zero-order valence-electron chi connectivity index (χ0n) is 6.59. The highest BCUT2D eigenvalue weighted by atomic mass is 35.5. The van der Waals surface area contributed by atoms with Gasteiger partial charge in [0, 0.05) is 10.6 Å². The predicted octanol–water partition coefficient (Wildman–Crippen LogP) is 3.20. The van der Waals surface area contributed by atoms with Crippen LogP contribution in [-0.4, -0.2) is 5.75 Å². The maximum absolute atomic E-state index is 5.83. The molecule has 3 heteroatoms. The first-order chi connectivity index (χ1) is 5.75. The van der Waals surface area contributed by atoms with E-state index in [1.807, 2.05) is 18.2 Å². The Morgan fingerprint density at radius 3 is 3.00 bits per heavy atom. The van der Waals surface area contributed by atoms with Crippen molar-refractivity contribution in [2.45, 2.75) is 4.90 Å². The van der Waals surface area contributed by atoms with Crippen LogP contribution in [0.2, 0.25) is 5.02 Å². The Hall–Kier alpha value is -0.600. The van der Waals surface area contributed by atoms with Gasteiger partial charge in [0.25, 0.3) is 0 Å². The second-order valence-corrected chi connectivity index (χ2v) is 3.72. The predicted molar refractivity (Wildman–Crippen MR) is 56.8 cm³/mol. The number of benzene rings is 1. The van der Waals surface area contributed by atoms with Crippen LogP contribution < -0.4 is 5.73 Å². The van der Waals surface area contributed by atoms with E-state index in [0.717, 1.165) is 10.6 Å². The Labute approximate surface area is 81.6 Å². The molecule has 0 aliphatic carbocycles. The molecule has 2 N–H and O–H groups in total.